The van der Waals surface area contributed by atoms with Crippen molar-refractivity contribution in [2.75, 3.05) is 0 Å². The first-order valence-electron chi connectivity index (χ1n) is 6.46. The third-order valence-electron chi connectivity index (χ3n) is 3.03. The van der Waals surface area contributed by atoms with Crippen LogP contribution in [0.4, 0.5) is 0 Å². The lowest BCUT2D eigenvalue weighted by atomic mass is 10.0. The topological polar surface area (TPSA) is 17.8 Å². The maximum atomic E-state index is 4.11. The molecule has 0 saturated carbocycles. The third-order valence-corrected chi connectivity index (χ3v) is 3.03. The molecular weight excluding hydrogens is 276 g/mol. The van der Waals surface area contributed by atoms with Gasteiger partial charge < -0.3 is 4.57 Å². The first-order valence-corrected chi connectivity index (χ1v) is 6.46. The van der Waals surface area contributed by atoms with E-state index in [0.717, 1.165) is 6.42 Å². The fourth-order valence-electron chi connectivity index (χ4n) is 2.05. The van der Waals surface area contributed by atoms with Gasteiger partial charge in [-0.3, -0.25) is 0 Å². The molecule has 1 rings (SSSR count). The van der Waals surface area contributed by atoms with Crippen molar-refractivity contribution in [2.45, 2.75) is 57.9 Å². The van der Waals surface area contributed by atoms with Crippen LogP contribution in [0.5, 0.6) is 0 Å². The van der Waals surface area contributed by atoms with E-state index in [4.69, 9.17) is 0 Å². The molecule has 0 aliphatic rings. The number of aromatic nitrogens is 2. The number of imidazole rings is 1. The fraction of sp³-hybridized carbons (Fsp3) is 0.643. The highest BCUT2D eigenvalue weighted by atomic mass is 79.9. The average molecular weight is 301 g/mol. The summed E-state index contributed by atoms with van der Waals surface area (Å²) in [6.45, 7) is 6.09. The molecule has 3 heteroatoms. The van der Waals surface area contributed by atoms with Crippen LogP contribution < -0.4 is 0 Å². The van der Waals surface area contributed by atoms with Crippen LogP contribution in [-0.2, 0) is 0 Å². The smallest absolute Gasteiger partial charge is 0.0948 e. The van der Waals surface area contributed by atoms with Gasteiger partial charge in [0.1, 0.15) is 0 Å². The van der Waals surface area contributed by atoms with Gasteiger partial charge in [-0.25, -0.2) is 4.98 Å². The molecule has 0 radical (unpaired) electrons. The van der Waals surface area contributed by atoms with Crippen LogP contribution in [0.1, 0.15) is 57.9 Å². The quantitative estimate of drug-likeness (QED) is 0.466. The molecule has 0 N–H and O–H groups in total. The van der Waals surface area contributed by atoms with Crippen LogP contribution in [0.25, 0.3) is 0 Å². The van der Waals surface area contributed by atoms with Crippen molar-refractivity contribution in [1.29, 1.82) is 0 Å². The number of halogens is 1. The van der Waals surface area contributed by atoms with E-state index in [1.807, 2.05) is 18.6 Å². The predicted octanol–water partition coefficient (Wildman–Crippen LogP) is 4.94. The molecule has 1 heterocycles. The highest BCUT2D eigenvalue weighted by molar-refractivity contribution is 8.93. The zero-order chi connectivity index (χ0) is 11.6. The second-order valence-electron chi connectivity index (χ2n) is 4.39. The second-order valence-corrected chi connectivity index (χ2v) is 4.39. The van der Waals surface area contributed by atoms with E-state index in [1.165, 1.54) is 38.5 Å². The lowest BCUT2D eigenvalue weighted by Gasteiger charge is -2.16. The summed E-state index contributed by atoms with van der Waals surface area (Å²) in [4.78, 5) is 4.11. The molecule has 2 nitrogen and oxygen atoms in total. The lowest BCUT2D eigenvalue weighted by Crippen LogP contribution is -2.06. The Balaban J connectivity index is 0.00000256. The molecule has 0 bridgehead atoms. The van der Waals surface area contributed by atoms with Crippen molar-refractivity contribution < 1.29 is 0 Å². The van der Waals surface area contributed by atoms with Gasteiger partial charge in [0.15, 0.2) is 0 Å². The largest absolute Gasteiger partial charge is 0.334 e. The standard InChI is InChI=1S/C14H24N2.BrH/c1-3-5-6-7-8-10-14(9-4-2)16-12-11-15-13-16;/h4,11-14H,2-3,5-10H2,1H3;1H. The SMILES string of the molecule is Br.C=CCC(CCCCCCC)n1ccnc1. The highest BCUT2D eigenvalue weighted by Gasteiger charge is 2.07. The summed E-state index contributed by atoms with van der Waals surface area (Å²) in [5.74, 6) is 0. The summed E-state index contributed by atoms with van der Waals surface area (Å²) in [5, 5.41) is 0. The van der Waals surface area contributed by atoms with Crippen molar-refractivity contribution in [3.05, 3.63) is 31.4 Å². The summed E-state index contributed by atoms with van der Waals surface area (Å²) in [5.41, 5.74) is 0. The molecule has 0 spiro atoms. The predicted molar refractivity (Wildman–Crippen MR) is 79.8 cm³/mol. The van der Waals surface area contributed by atoms with Gasteiger partial charge >= 0.3 is 0 Å². The van der Waals surface area contributed by atoms with Gasteiger partial charge in [-0.05, 0) is 12.8 Å². The molecule has 1 aromatic rings. The number of rotatable bonds is 9. The maximum absolute atomic E-state index is 4.11. The molecular formula is C14H25BrN2. The van der Waals surface area contributed by atoms with Gasteiger partial charge in [0.05, 0.1) is 6.33 Å². The van der Waals surface area contributed by atoms with Crippen LogP contribution in [-0.4, -0.2) is 9.55 Å². The van der Waals surface area contributed by atoms with E-state index < -0.39 is 0 Å². The first kappa shape index (κ1) is 16.4. The Bertz CT molecular complexity index is 270. The highest BCUT2D eigenvalue weighted by Crippen LogP contribution is 2.20. The number of nitrogens with zero attached hydrogens (tertiary/aromatic N) is 2. The molecule has 0 aliphatic carbocycles. The van der Waals surface area contributed by atoms with Crippen molar-refractivity contribution in [1.82, 2.24) is 9.55 Å². The number of hydrogen-bond acceptors (Lipinski definition) is 1. The zero-order valence-electron chi connectivity index (χ0n) is 10.8. The molecule has 1 unspecified atom stereocenters. The maximum Gasteiger partial charge on any atom is 0.0948 e. The lowest BCUT2D eigenvalue weighted by molar-refractivity contribution is 0.441. The average Bonchev–Trinajstić information content (AvgIpc) is 2.81. The van der Waals surface area contributed by atoms with E-state index >= 15 is 0 Å². The van der Waals surface area contributed by atoms with Gasteiger partial charge in [-0.15, -0.1) is 23.6 Å². The Morgan fingerprint density at radius 2 is 2.06 bits per heavy atom. The van der Waals surface area contributed by atoms with Crippen LogP contribution >= 0.6 is 17.0 Å². The number of unbranched alkanes of at least 4 members (excludes halogenated alkanes) is 4. The van der Waals surface area contributed by atoms with E-state index in [2.05, 4.69) is 29.3 Å². The van der Waals surface area contributed by atoms with Gasteiger partial charge in [0.25, 0.3) is 0 Å². The van der Waals surface area contributed by atoms with Crippen molar-refractivity contribution >= 4 is 17.0 Å². The van der Waals surface area contributed by atoms with E-state index in [9.17, 15) is 0 Å². The van der Waals surface area contributed by atoms with Crippen molar-refractivity contribution in [2.24, 2.45) is 0 Å². The van der Waals surface area contributed by atoms with Gasteiger partial charge in [0, 0.05) is 18.4 Å². The van der Waals surface area contributed by atoms with E-state index in [-0.39, 0.29) is 17.0 Å². The molecule has 1 atom stereocenters. The Labute approximate surface area is 116 Å². The van der Waals surface area contributed by atoms with Crippen LogP contribution in [0.3, 0.4) is 0 Å². The van der Waals surface area contributed by atoms with Crippen LogP contribution in [0.15, 0.2) is 31.4 Å². The number of hydrogen-bond donors (Lipinski definition) is 0. The molecule has 0 fully saturated rings. The summed E-state index contributed by atoms with van der Waals surface area (Å²) in [6, 6.07) is 0.557. The summed E-state index contributed by atoms with van der Waals surface area (Å²) in [6.07, 6.45) is 16.9. The normalized spacial score (nSPS) is 11.8. The fourth-order valence-corrected chi connectivity index (χ4v) is 2.05. The van der Waals surface area contributed by atoms with Gasteiger partial charge in [-0.2, -0.15) is 0 Å². The minimum absolute atomic E-state index is 0. The monoisotopic (exact) mass is 300 g/mol. The zero-order valence-corrected chi connectivity index (χ0v) is 12.6. The van der Waals surface area contributed by atoms with Gasteiger partial charge in [0.2, 0.25) is 0 Å². The summed E-state index contributed by atoms with van der Waals surface area (Å²) >= 11 is 0. The molecule has 0 amide bonds. The van der Waals surface area contributed by atoms with E-state index in [0.29, 0.717) is 6.04 Å². The second kappa shape index (κ2) is 10.6. The minimum Gasteiger partial charge on any atom is -0.334 e. The Hall–Kier alpha value is -0.570. The summed E-state index contributed by atoms with van der Waals surface area (Å²) in [7, 11) is 0. The van der Waals surface area contributed by atoms with Crippen molar-refractivity contribution in [3.8, 4) is 0 Å². The third kappa shape index (κ3) is 6.67. The van der Waals surface area contributed by atoms with Gasteiger partial charge in [-0.1, -0.05) is 45.1 Å². The van der Waals surface area contributed by atoms with Crippen molar-refractivity contribution in [3.63, 3.8) is 0 Å². The molecule has 17 heavy (non-hydrogen) atoms. The first-order chi connectivity index (χ1) is 7.88. The Kier molecular flexibility index (Phi) is 10.2. The molecule has 0 saturated heterocycles. The molecule has 98 valence electrons. The molecule has 0 aliphatic heterocycles. The number of allylic oxidation sites excluding steroid dienone is 1. The Morgan fingerprint density at radius 1 is 1.29 bits per heavy atom. The van der Waals surface area contributed by atoms with Crippen LogP contribution in [0, 0.1) is 0 Å². The minimum atomic E-state index is 0. The summed E-state index contributed by atoms with van der Waals surface area (Å²) < 4.78 is 2.21. The molecule has 1 aromatic heterocycles. The Morgan fingerprint density at radius 3 is 2.65 bits per heavy atom. The van der Waals surface area contributed by atoms with Crippen LogP contribution in [0.2, 0.25) is 0 Å². The molecule has 0 aromatic carbocycles. The van der Waals surface area contributed by atoms with E-state index in [1.54, 1.807) is 0 Å².